The molecule has 19 heavy (non-hydrogen) atoms. The maximum absolute atomic E-state index is 10.8. The summed E-state index contributed by atoms with van der Waals surface area (Å²) in [6.07, 6.45) is 1.29. The smallest absolute Gasteiger partial charge is 0.337 e. The fourth-order valence-electron chi connectivity index (χ4n) is 1.83. The third-order valence-electron chi connectivity index (χ3n) is 2.89. The van der Waals surface area contributed by atoms with Crippen LogP contribution in [0.3, 0.4) is 0 Å². The molecule has 0 radical (unpaired) electrons. The summed E-state index contributed by atoms with van der Waals surface area (Å²) in [5, 5.41) is 12.0. The molecule has 0 amide bonds. The third-order valence-corrected chi connectivity index (χ3v) is 2.89. The molecule has 1 aromatic carbocycles. The normalized spacial score (nSPS) is 10.2. The van der Waals surface area contributed by atoms with E-state index in [4.69, 9.17) is 10.8 Å². The van der Waals surface area contributed by atoms with Crippen LogP contribution in [-0.4, -0.2) is 16.1 Å². The molecule has 98 valence electrons. The monoisotopic (exact) mass is 257 g/mol. The van der Waals surface area contributed by atoms with Crippen molar-refractivity contribution in [2.75, 3.05) is 11.1 Å². The van der Waals surface area contributed by atoms with Gasteiger partial charge in [0.2, 0.25) is 0 Å². The summed E-state index contributed by atoms with van der Waals surface area (Å²) >= 11 is 0. The van der Waals surface area contributed by atoms with Crippen LogP contribution in [0.1, 0.15) is 21.5 Å². The number of carboxylic acids is 1. The number of nitrogens with two attached hydrogens (primary N) is 1. The van der Waals surface area contributed by atoms with Crippen molar-refractivity contribution in [3.05, 3.63) is 47.2 Å². The number of rotatable bonds is 3. The van der Waals surface area contributed by atoms with Crippen molar-refractivity contribution in [1.29, 1.82) is 0 Å². The molecule has 4 N–H and O–H groups in total. The molecule has 5 heteroatoms. The number of hydrogen-bond donors (Lipinski definition) is 3. The van der Waals surface area contributed by atoms with E-state index in [2.05, 4.69) is 10.3 Å². The average molecular weight is 257 g/mol. The van der Waals surface area contributed by atoms with E-state index in [0.29, 0.717) is 11.5 Å². The highest BCUT2D eigenvalue weighted by atomic mass is 16.4. The largest absolute Gasteiger partial charge is 0.478 e. The van der Waals surface area contributed by atoms with E-state index in [1.54, 1.807) is 0 Å². The number of nitrogen functional groups attached to an aromatic ring is 1. The Hall–Kier alpha value is -2.56. The standard InChI is InChI=1S/C14H15N3O2/c1-8-4-3-5-9(2)12(8)17-13-11(15)6-10(7-16-13)14(18)19/h3-7H,15H2,1-2H3,(H,16,17)(H,18,19). The number of aryl methyl sites for hydroxylation is 2. The highest BCUT2D eigenvalue weighted by molar-refractivity contribution is 5.89. The van der Waals surface area contributed by atoms with Crippen molar-refractivity contribution < 1.29 is 9.90 Å². The predicted octanol–water partition coefficient (Wildman–Crippen LogP) is 2.72. The lowest BCUT2D eigenvalue weighted by Gasteiger charge is -2.13. The summed E-state index contributed by atoms with van der Waals surface area (Å²) in [7, 11) is 0. The summed E-state index contributed by atoms with van der Waals surface area (Å²) in [5.74, 6) is -0.583. The summed E-state index contributed by atoms with van der Waals surface area (Å²) in [6, 6.07) is 7.33. The van der Waals surface area contributed by atoms with Gasteiger partial charge in [0.25, 0.3) is 0 Å². The van der Waals surface area contributed by atoms with Crippen molar-refractivity contribution in [3.63, 3.8) is 0 Å². The molecule has 1 heterocycles. The first-order valence-electron chi connectivity index (χ1n) is 5.81. The third kappa shape index (κ3) is 2.65. The molecule has 0 saturated heterocycles. The first-order chi connectivity index (χ1) is 8.99. The number of para-hydroxylation sites is 1. The van der Waals surface area contributed by atoms with Crippen LogP contribution in [0.25, 0.3) is 0 Å². The quantitative estimate of drug-likeness (QED) is 0.786. The maximum Gasteiger partial charge on any atom is 0.337 e. The van der Waals surface area contributed by atoms with Crippen LogP contribution >= 0.6 is 0 Å². The highest BCUT2D eigenvalue weighted by Gasteiger charge is 2.09. The van der Waals surface area contributed by atoms with Crippen LogP contribution in [0.4, 0.5) is 17.2 Å². The van der Waals surface area contributed by atoms with Gasteiger partial charge in [-0.1, -0.05) is 18.2 Å². The summed E-state index contributed by atoms with van der Waals surface area (Å²) in [4.78, 5) is 14.9. The van der Waals surface area contributed by atoms with Crippen molar-refractivity contribution >= 4 is 23.2 Å². The zero-order chi connectivity index (χ0) is 14.0. The Kier molecular flexibility index (Phi) is 3.37. The molecular weight excluding hydrogens is 242 g/mol. The number of hydrogen-bond acceptors (Lipinski definition) is 4. The molecule has 2 rings (SSSR count). The molecule has 0 spiro atoms. The van der Waals surface area contributed by atoms with Gasteiger partial charge in [-0.2, -0.15) is 0 Å². The Balaban J connectivity index is 2.36. The van der Waals surface area contributed by atoms with Gasteiger partial charge in [-0.15, -0.1) is 0 Å². The Morgan fingerprint density at radius 1 is 1.32 bits per heavy atom. The van der Waals surface area contributed by atoms with Gasteiger partial charge >= 0.3 is 5.97 Å². The van der Waals surface area contributed by atoms with E-state index >= 15 is 0 Å². The fourth-order valence-corrected chi connectivity index (χ4v) is 1.83. The van der Waals surface area contributed by atoms with Gasteiger partial charge in [0.15, 0.2) is 5.82 Å². The van der Waals surface area contributed by atoms with E-state index in [0.717, 1.165) is 16.8 Å². The second-order valence-corrected chi connectivity index (χ2v) is 4.36. The van der Waals surface area contributed by atoms with E-state index in [1.165, 1.54) is 12.3 Å². The van der Waals surface area contributed by atoms with E-state index < -0.39 is 5.97 Å². The topological polar surface area (TPSA) is 88.2 Å². The number of aromatic carboxylic acids is 1. The Bertz CT molecular complexity index is 618. The molecule has 5 nitrogen and oxygen atoms in total. The Morgan fingerprint density at radius 3 is 2.47 bits per heavy atom. The highest BCUT2D eigenvalue weighted by Crippen LogP contribution is 2.26. The number of aromatic nitrogens is 1. The number of carbonyl (C=O) groups is 1. The second kappa shape index (κ2) is 4.97. The molecule has 0 unspecified atom stereocenters. The first kappa shape index (κ1) is 12.9. The molecular formula is C14H15N3O2. The maximum atomic E-state index is 10.8. The first-order valence-corrected chi connectivity index (χ1v) is 5.81. The number of benzene rings is 1. The zero-order valence-electron chi connectivity index (χ0n) is 10.8. The van der Waals surface area contributed by atoms with Crippen LogP contribution in [-0.2, 0) is 0 Å². The zero-order valence-corrected chi connectivity index (χ0v) is 10.8. The minimum atomic E-state index is -1.04. The molecule has 0 aliphatic heterocycles. The summed E-state index contributed by atoms with van der Waals surface area (Å²) in [5.41, 5.74) is 9.28. The minimum absolute atomic E-state index is 0.0737. The molecule has 0 aliphatic rings. The molecule has 0 saturated carbocycles. The van der Waals surface area contributed by atoms with E-state index in [1.807, 2.05) is 32.0 Å². The van der Waals surface area contributed by atoms with Crippen LogP contribution in [0.5, 0.6) is 0 Å². The number of pyridine rings is 1. The summed E-state index contributed by atoms with van der Waals surface area (Å²) < 4.78 is 0. The predicted molar refractivity (Wildman–Crippen MR) is 74.8 cm³/mol. The van der Waals surface area contributed by atoms with Crippen molar-refractivity contribution in [1.82, 2.24) is 4.98 Å². The molecule has 0 aliphatic carbocycles. The lowest BCUT2D eigenvalue weighted by Crippen LogP contribution is -2.05. The van der Waals surface area contributed by atoms with Gasteiger partial charge in [-0.3, -0.25) is 0 Å². The lowest BCUT2D eigenvalue weighted by atomic mass is 10.1. The fraction of sp³-hybridized carbons (Fsp3) is 0.143. The van der Waals surface area contributed by atoms with Crippen LogP contribution in [0.2, 0.25) is 0 Å². The summed E-state index contributed by atoms with van der Waals surface area (Å²) in [6.45, 7) is 3.97. The van der Waals surface area contributed by atoms with Gasteiger partial charge < -0.3 is 16.2 Å². The van der Waals surface area contributed by atoms with Gasteiger partial charge in [0, 0.05) is 11.9 Å². The van der Waals surface area contributed by atoms with Crippen LogP contribution < -0.4 is 11.1 Å². The number of nitrogens with zero attached hydrogens (tertiary/aromatic N) is 1. The molecule has 0 fully saturated rings. The number of anilines is 3. The van der Waals surface area contributed by atoms with Crippen molar-refractivity contribution in [3.8, 4) is 0 Å². The minimum Gasteiger partial charge on any atom is -0.478 e. The Labute approximate surface area is 111 Å². The van der Waals surface area contributed by atoms with Crippen molar-refractivity contribution in [2.45, 2.75) is 13.8 Å². The van der Waals surface area contributed by atoms with Gasteiger partial charge in [0.05, 0.1) is 11.3 Å². The average Bonchev–Trinajstić information content (AvgIpc) is 2.35. The van der Waals surface area contributed by atoms with Crippen LogP contribution in [0, 0.1) is 13.8 Å². The number of carboxylic acid groups (broad SMARTS) is 1. The van der Waals surface area contributed by atoms with Gasteiger partial charge in [-0.25, -0.2) is 9.78 Å². The van der Waals surface area contributed by atoms with Crippen LogP contribution in [0.15, 0.2) is 30.5 Å². The number of nitrogens with one attached hydrogen (secondary N) is 1. The lowest BCUT2D eigenvalue weighted by molar-refractivity contribution is 0.0696. The van der Waals surface area contributed by atoms with Gasteiger partial charge in [0.1, 0.15) is 0 Å². The Morgan fingerprint density at radius 2 is 1.95 bits per heavy atom. The molecule has 2 aromatic rings. The van der Waals surface area contributed by atoms with Crippen molar-refractivity contribution in [2.24, 2.45) is 0 Å². The van der Waals surface area contributed by atoms with E-state index in [9.17, 15) is 4.79 Å². The van der Waals surface area contributed by atoms with Gasteiger partial charge in [-0.05, 0) is 31.0 Å². The SMILES string of the molecule is Cc1cccc(C)c1Nc1ncc(C(=O)O)cc1N. The van der Waals surface area contributed by atoms with E-state index in [-0.39, 0.29) is 5.56 Å². The molecule has 0 bridgehead atoms. The molecule has 0 atom stereocenters. The second-order valence-electron chi connectivity index (χ2n) is 4.36. The molecule has 1 aromatic heterocycles.